The number of nitrogens with zero attached hydrogens (tertiary/aromatic N) is 2. The molecule has 0 unspecified atom stereocenters. The highest BCUT2D eigenvalue weighted by Crippen LogP contribution is 2.28. The molecule has 130 valence electrons. The van der Waals surface area contributed by atoms with Crippen molar-refractivity contribution in [1.29, 1.82) is 0 Å². The van der Waals surface area contributed by atoms with Gasteiger partial charge in [-0.15, -0.1) is 0 Å². The molecular weight excluding hydrogens is 343 g/mol. The number of anilines is 1. The fourth-order valence-corrected chi connectivity index (χ4v) is 3.16. The van der Waals surface area contributed by atoms with Crippen LogP contribution in [0.15, 0.2) is 42.5 Å². The Labute approximate surface area is 150 Å². The zero-order chi connectivity index (χ0) is 18.1. The topological polar surface area (TPSA) is 40.6 Å². The van der Waals surface area contributed by atoms with Gasteiger partial charge in [0.1, 0.15) is 12.4 Å². The van der Waals surface area contributed by atoms with Crippen molar-refractivity contribution in [2.45, 2.75) is 19.9 Å². The summed E-state index contributed by atoms with van der Waals surface area (Å²) in [6.07, 6.45) is 0. The third-order valence-electron chi connectivity index (χ3n) is 4.41. The first-order chi connectivity index (χ1) is 11.9. The Hall–Kier alpha value is -2.40. The second-order valence-electron chi connectivity index (χ2n) is 6.20. The monoisotopic (exact) mass is 360 g/mol. The number of carbonyl (C=O) groups excluding carboxylic acids is 2. The Morgan fingerprint density at radius 3 is 2.64 bits per heavy atom. The molecule has 2 amide bonds. The van der Waals surface area contributed by atoms with Crippen LogP contribution in [-0.4, -0.2) is 35.8 Å². The summed E-state index contributed by atoms with van der Waals surface area (Å²) in [4.78, 5) is 28.3. The third-order valence-corrected chi connectivity index (χ3v) is 4.73. The standard InChI is InChI=1S/C19H18ClFN2O2/c1-12-7-8-14(9-16(12)21)19(25)22-11-18(24)23(10-13(22)2)17-6-4-3-5-15(17)20/h3-9,13H,10-11H2,1-2H3/t13-/m1/s1. The van der Waals surface area contributed by atoms with Gasteiger partial charge in [-0.2, -0.15) is 0 Å². The van der Waals surface area contributed by atoms with Crippen LogP contribution in [0.2, 0.25) is 5.02 Å². The summed E-state index contributed by atoms with van der Waals surface area (Å²) in [5, 5.41) is 0.489. The second-order valence-corrected chi connectivity index (χ2v) is 6.61. The van der Waals surface area contributed by atoms with Gasteiger partial charge in [0.15, 0.2) is 0 Å². The molecule has 0 saturated carbocycles. The number of carbonyl (C=O) groups is 2. The maximum atomic E-state index is 13.7. The summed E-state index contributed by atoms with van der Waals surface area (Å²) in [6, 6.07) is 11.3. The molecule has 1 aliphatic heterocycles. The van der Waals surface area contributed by atoms with Crippen molar-refractivity contribution in [1.82, 2.24) is 4.90 Å². The van der Waals surface area contributed by atoms with Crippen LogP contribution in [0.3, 0.4) is 0 Å². The molecule has 0 radical (unpaired) electrons. The SMILES string of the molecule is Cc1ccc(C(=O)N2CC(=O)N(c3ccccc3Cl)C[C@H]2C)cc1F. The highest BCUT2D eigenvalue weighted by molar-refractivity contribution is 6.33. The Morgan fingerprint density at radius 2 is 1.96 bits per heavy atom. The lowest BCUT2D eigenvalue weighted by atomic mass is 10.1. The van der Waals surface area contributed by atoms with Crippen LogP contribution in [0.5, 0.6) is 0 Å². The van der Waals surface area contributed by atoms with Crippen LogP contribution in [0.1, 0.15) is 22.8 Å². The quantitative estimate of drug-likeness (QED) is 0.820. The smallest absolute Gasteiger partial charge is 0.254 e. The number of hydrogen-bond acceptors (Lipinski definition) is 2. The maximum Gasteiger partial charge on any atom is 0.254 e. The van der Waals surface area contributed by atoms with E-state index in [0.717, 1.165) is 0 Å². The van der Waals surface area contributed by atoms with Crippen molar-refractivity contribution in [3.63, 3.8) is 0 Å². The lowest BCUT2D eigenvalue weighted by Crippen LogP contribution is -2.57. The fourth-order valence-electron chi connectivity index (χ4n) is 2.92. The Balaban J connectivity index is 1.82. The van der Waals surface area contributed by atoms with Gasteiger partial charge in [-0.25, -0.2) is 4.39 Å². The van der Waals surface area contributed by atoms with E-state index in [9.17, 15) is 14.0 Å². The molecule has 25 heavy (non-hydrogen) atoms. The normalized spacial score (nSPS) is 17.8. The molecule has 1 saturated heterocycles. The first-order valence-corrected chi connectivity index (χ1v) is 8.38. The van der Waals surface area contributed by atoms with Gasteiger partial charge >= 0.3 is 0 Å². The minimum atomic E-state index is -0.431. The van der Waals surface area contributed by atoms with Crippen molar-refractivity contribution in [2.24, 2.45) is 0 Å². The predicted octanol–water partition coefficient (Wildman–Crippen LogP) is 3.67. The second kappa shape index (κ2) is 6.84. The zero-order valence-electron chi connectivity index (χ0n) is 14.0. The summed E-state index contributed by atoms with van der Waals surface area (Å²) in [7, 11) is 0. The maximum absolute atomic E-state index is 13.7. The number of amides is 2. The van der Waals surface area contributed by atoms with E-state index in [4.69, 9.17) is 11.6 Å². The summed E-state index contributed by atoms with van der Waals surface area (Å²) in [6.45, 7) is 3.76. The Kier molecular flexibility index (Phi) is 4.77. The van der Waals surface area contributed by atoms with E-state index >= 15 is 0 Å². The van der Waals surface area contributed by atoms with Gasteiger partial charge in [0.25, 0.3) is 5.91 Å². The molecule has 0 spiro atoms. The lowest BCUT2D eigenvalue weighted by molar-refractivity contribution is -0.121. The highest BCUT2D eigenvalue weighted by Gasteiger charge is 2.34. The van der Waals surface area contributed by atoms with Gasteiger partial charge in [-0.1, -0.05) is 29.8 Å². The summed E-state index contributed by atoms with van der Waals surface area (Å²) in [5.41, 5.74) is 1.35. The molecule has 0 aromatic heterocycles. The number of halogens is 2. The number of rotatable bonds is 2. The van der Waals surface area contributed by atoms with Crippen LogP contribution in [0.25, 0.3) is 0 Å². The molecule has 2 aromatic rings. The average molecular weight is 361 g/mol. The van der Waals surface area contributed by atoms with E-state index in [1.54, 1.807) is 42.2 Å². The Bertz CT molecular complexity index is 840. The molecule has 1 atom stereocenters. The van der Waals surface area contributed by atoms with Gasteiger partial charge in [0.05, 0.1) is 10.7 Å². The van der Waals surface area contributed by atoms with E-state index in [0.29, 0.717) is 22.8 Å². The zero-order valence-corrected chi connectivity index (χ0v) is 14.8. The van der Waals surface area contributed by atoms with Crippen molar-refractivity contribution in [3.05, 3.63) is 64.4 Å². The summed E-state index contributed by atoms with van der Waals surface area (Å²) >= 11 is 6.18. The van der Waals surface area contributed by atoms with Crippen molar-refractivity contribution >= 4 is 29.1 Å². The predicted molar refractivity (Wildman–Crippen MR) is 95.4 cm³/mol. The molecule has 1 aliphatic rings. The molecule has 6 heteroatoms. The van der Waals surface area contributed by atoms with E-state index < -0.39 is 5.82 Å². The van der Waals surface area contributed by atoms with E-state index in [1.165, 1.54) is 11.0 Å². The molecule has 0 aliphatic carbocycles. The molecule has 0 N–H and O–H groups in total. The average Bonchev–Trinajstić information content (AvgIpc) is 2.59. The molecule has 0 bridgehead atoms. The molecule has 1 heterocycles. The van der Waals surface area contributed by atoms with Crippen LogP contribution in [0, 0.1) is 12.7 Å². The lowest BCUT2D eigenvalue weighted by Gasteiger charge is -2.39. The van der Waals surface area contributed by atoms with Gasteiger partial charge in [-0.3, -0.25) is 9.59 Å². The minimum absolute atomic E-state index is 0.0687. The molecule has 4 nitrogen and oxygen atoms in total. The third kappa shape index (κ3) is 3.37. The van der Waals surface area contributed by atoms with E-state index in [1.807, 2.05) is 13.0 Å². The van der Waals surface area contributed by atoms with Crippen LogP contribution in [0.4, 0.5) is 10.1 Å². The minimum Gasteiger partial charge on any atom is -0.325 e. The molecular formula is C19H18ClFN2O2. The van der Waals surface area contributed by atoms with Crippen LogP contribution < -0.4 is 4.90 Å². The van der Waals surface area contributed by atoms with Gasteiger partial charge in [0.2, 0.25) is 5.91 Å². The van der Waals surface area contributed by atoms with Crippen molar-refractivity contribution < 1.29 is 14.0 Å². The van der Waals surface area contributed by atoms with Gasteiger partial charge < -0.3 is 9.80 Å². The first-order valence-electron chi connectivity index (χ1n) is 8.00. The van der Waals surface area contributed by atoms with Gasteiger partial charge in [0, 0.05) is 18.2 Å². The number of hydrogen-bond donors (Lipinski definition) is 0. The molecule has 1 fully saturated rings. The number of aryl methyl sites for hydroxylation is 1. The van der Waals surface area contributed by atoms with Gasteiger partial charge in [-0.05, 0) is 43.7 Å². The van der Waals surface area contributed by atoms with Crippen LogP contribution >= 0.6 is 11.6 Å². The first kappa shape index (κ1) is 17.4. The fraction of sp³-hybridized carbons (Fsp3) is 0.263. The summed E-state index contributed by atoms with van der Waals surface area (Å²) in [5.74, 6) is -0.995. The molecule has 3 rings (SSSR count). The van der Waals surface area contributed by atoms with Crippen molar-refractivity contribution in [3.8, 4) is 0 Å². The van der Waals surface area contributed by atoms with Crippen LogP contribution in [-0.2, 0) is 4.79 Å². The Morgan fingerprint density at radius 1 is 1.24 bits per heavy atom. The highest BCUT2D eigenvalue weighted by atomic mass is 35.5. The summed E-state index contributed by atoms with van der Waals surface area (Å²) < 4.78 is 13.7. The largest absolute Gasteiger partial charge is 0.325 e. The van der Waals surface area contributed by atoms with Crippen molar-refractivity contribution in [2.75, 3.05) is 18.0 Å². The van der Waals surface area contributed by atoms with E-state index in [2.05, 4.69) is 0 Å². The number of para-hydroxylation sites is 1. The number of piperazine rings is 1. The van der Waals surface area contributed by atoms with E-state index in [-0.39, 0.29) is 30.0 Å². The molecule has 2 aromatic carbocycles. The number of benzene rings is 2.